The number of nitrogens with one attached hydrogen (secondary N) is 2. The Balaban J connectivity index is 1.44. The van der Waals surface area contributed by atoms with Gasteiger partial charge in [-0.1, -0.05) is 29.8 Å². The molecule has 1 fully saturated rings. The predicted octanol–water partition coefficient (Wildman–Crippen LogP) is 4.54. The summed E-state index contributed by atoms with van der Waals surface area (Å²) >= 11 is 5.96. The molecule has 2 aliphatic rings. The highest BCUT2D eigenvalue weighted by molar-refractivity contribution is 6.30. The van der Waals surface area contributed by atoms with Gasteiger partial charge in [-0.25, -0.2) is 13.6 Å². The number of likely N-dealkylation sites (tertiary alicyclic amines) is 1. The molecular formula is C24H28ClF2N5O2. The average Bonchev–Trinajstić information content (AvgIpc) is 3.37. The first-order valence-electron chi connectivity index (χ1n) is 11.1. The van der Waals surface area contributed by atoms with Crippen LogP contribution in [0.4, 0.5) is 19.4 Å². The minimum absolute atomic E-state index is 0.00288. The van der Waals surface area contributed by atoms with E-state index in [1.54, 1.807) is 43.1 Å². The van der Waals surface area contributed by atoms with Crippen LogP contribution in [0.3, 0.4) is 0 Å². The first kappa shape index (κ1) is 24.4. The number of urea groups is 1. The molecule has 0 radical (unpaired) electrons. The molecular weight excluding hydrogens is 464 g/mol. The SMILES string of the molecule is COCCN1C[C@@H](NC(=O)Nc2cc(-c3ccc(Cl)cc3)nn2C)[C@H](C2C=CC(F)=C(F)C2)C1. The second-order valence-electron chi connectivity index (χ2n) is 8.65. The summed E-state index contributed by atoms with van der Waals surface area (Å²) in [6, 6.07) is 8.46. The predicted molar refractivity (Wildman–Crippen MR) is 128 cm³/mol. The van der Waals surface area contributed by atoms with E-state index in [0.717, 1.165) is 5.56 Å². The number of hydrogen-bond donors (Lipinski definition) is 2. The van der Waals surface area contributed by atoms with Gasteiger partial charge in [0.15, 0.2) is 5.83 Å². The van der Waals surface area contributed by atoms with E-state index in [1.807, 2.05) is 12.1 Å². The molecule has 7 nitrogen and oxygen atoms in total. The van der Waals surface area contributed by atoms with Gasteiger partial charge in [0.25, 0.3) is 0 Å². The number of nitrogens with zero attached hydrogens (tertiary/aromatic N) is 3. The molecule has 0 bridgehead atoms. The molecule has 0 spiro atoms. The van der Waals surface area contributed by atoms with Crippen molar-refractivity contribution in [2.75, 3.05) is 38.7 Å². The van der Waals surface area contributed by atoms with E-state index in [4.69, 9.17) is 16.3 Å². The minimum atomic E-state index is -0.819. The largest absolute Gasteiger partial charge is 0.383 e. The maximum atomic E-state index is 14.0. The van der Waals surface area contributed by atoms with Gasteiger partial charge in [0.2, 0.25) is 0 Å². The van der Waals surface area contributed by atoms with Crippen LogP contribution < -0.4 is 10.6 Å². The lowest BCUT2D eigenvalue weighted by Crippen LogP contribution is -2.45. The molecule has 0 saturated carbocycles. The van der Waals surface area contributed by atoms with Crippen molar-refractivity contribution in [3.8, 4) is 11.3 Å². The normalized spacial score (nSPS) is 22.9. The number of ether oxygens (including phenoxy) is 1. The van der Waals surface area contributed by atoms with Gasteiger partial charge < -0.3 is 10.1 Å². The lowest BCUT2D eigenvalue weighted by molar-refractivity contribution is 0.157. The first-order valence-corrected chi connectivity index (χ1v) is 11.5. The second-order valence-corrected chi connectivity index (χ2v) is 9.08. The Labute approximate surface area is 202 Å². The fourth-order valence-electron chi connectivity index (χ4n) is 4.53. The van der Waals surface area contributed by atoms with Gasteiger partial charge in [0.05, 0.1) is 12.3 Å². The third kappa shape index (κ3) is 5.65. The third-order valence-electron chi connectivity index (χ3n) is 6.34. The Morgan fingerprint density at radius 1 is 1.26 bits per heavy atom. The highest BCUT2D eigenvalue weighted by Crippen LogP contribution is 2.35. The number of benzene rings is 1. The fourth-order valence-corrected chi connectivity index (χ4v) is 4.66. The van der Waals surface area contributed by atoms with Gasteiger partial charge in [-0.05, 0) is 30.0 Å². The first-order chi connectivity index (χ1) is 16.3. The van der Waals surface area contributed by atoms with Crippen molar-refractivity contribution in [3.63, 3.8) is 0 Å². The molecule has 2 heterocycles. The van der Waals surface area contributed by atoms with Crippen molar-refractivity contribution >= 4 is 23.4 Å². The Morgan fingerprint density at radius 2 is 2.03 bits per heavy atom. The zero-order valence-electron chi connectivity index (χ0n) is 19.1. The minimum Gasteiger partial charge on any atom is -0.383 e. The quantitative estimate of drug-likeness (QED) is 0.596. The zero-order chi connectivity index (χ0) is 24.2. The lowest BCUT2D eigenvalue weighted by Gasteiger charge is -2.27. The molecule has 182 valence electrons. The van der Waals surface area contributed by atoms with Gasteiger partial charge in [-0.3, -0.25) is 14.9 Å². The smallest absolute Gasteiger partial charge is 0.320 e. The average molecular weight is 492 g/mol. The Morgan fingerprint density at radius 3 is 2.74 bits per heavy atom. The van der Waals surface area contributed by atoms with E-state index >= 15 is 0 Å². The molecule has 1 aliphatic heterocycles. The molecule has 10 heteroatoms. The van der Waals surface area contributed by atoms with Crippen molar-refractivity contribution in [2.24, 2.45) is 18.9 Å². The van der Waals surface area contributed by atoms with Gasteiger partial charge >= 0.3 is 6.03 Å². The summed E-state index contributed by atoms with van der Waals surface area (Å²) in [6.45, 7) is 2.51. The van der Waals surface area contributed by atoms with Gasteiger partial charge in [-0.15, -0.1) is 0 Å². The second kappa shape index (κ2) is 10.7. The van der Waals surface area contributed by atoms with Crippen LogP contribution in [-0.4, -0.2) is 60.1 Å². The van der Waals surface area contributed by atoms with E-state index < -0.39 is 11.7 Å². The number of rotatable bonds is 7. The Bertz CT molecular complexity index is 1090. The molecule has 34 heavy (non-hydrogen) atoms. The Hall–Kier alpha value is -2.75. The van der Waals surface area contributed by atoms with Crippen molar-refractivity contribution in [1.82, 2.24) is 20.0 Å². The number of hydrogen-bond acceptors (Lipinski definition) is 4. The van der Waals surface area contributed by atoms with E-state index in [9.17, 15) is 13.6 Å². The number of allylic oxidation sites excluding steroid dienone is 4. The van der Waals surface area contributed by atoms with Crippen LogP contribution in [0, 0.1) is 11.8 Å². The van der Waals surface area contributed by atoms with Crippen LogP contribution in [0.15, 0.2) is 54.1 Å². The molecule has 3 atom stereocenters. The van der Waals surface area contributed by atoms with Crippen LogP contribution in [0.25, 0.3) is 11.3 Å². The van der Waals surface area contributed by atoms with Crippen molar-refractivity contribution in [3.05, 3.63) is 59.2 Å². The van der Waals surface area contributed by atoms with Crippen LogP contribution in [0.2, 0.25) is 5.02 Å². The topological polar surface area (TPSA) is 71.4 Å². The summed E-state index contributed by atoms with van der Waals surface area (Å²) in [5, 5.41) is 11.0. The van der Waals surface area contributed by atoms with E-state index in [-0.39, 0.29) is 30.3 Å². The zero-order valence-corrected chi connectivity index (χ0v) is 19.9. The summed E-state index contributed by atoms with van der Waals surface area (Å²) in [7, 11) is 3.38. The summed E-state index contributed by atoms with van der Waals surface area (Å²) in [6.07, 6.45) is 2.89. The van der Waals surface area contributed by atoms with Gasteiger partial charge in [0.1, 0.15) is 11.6 Å². The molecule has 2 N–H and O–H groups in total. The summed E-state index contributed by atoms with van der Waals surface area (Å²) in [5.74, 6) is -1.29. The third-order valence-corrected chi connectivity index (χ3v) is 6.60. The fraction of sp³-hybridized carbons (Fsp3) is 0.417. The van der Waals surface area contributed by atoms with Crippen molar-refractivity contribution < 1.29 is 18.3 Å². The number of aryl methyl sites for hydroxylation is 1. The maximum Gasteiger partial charge on any atom is 0.320 e. The Kier molecular flexibility index (Phi) is 7.65. The molecule has 1 aromatic carbocycles. The monoisotopic (exact) mass is 491 g/mol. The summed E-state index contributed by atoms with van der Waals surface area (Å²) in [5.41, 5.74) is 1.58. The lowest BCUT2D eigenvalue weighted by atomic mass is 9.83. The van der Waals surface area contributed by atoms with Crippen LogP contribution in [0.1, 0.15) is 6.42 Å². The number of methoxy groups -OCH3 is 1. The molecule has 4 rings (SSSR count). The number of carbonyl (C=O) groups is 1. The van der Waals surface area contributed by atoms with Crippen molar-refractivity contribution in [2.45, 2.75) is 12.5 Å². The summed E-state index contributed by atoms with van der Waals surface area (Å²) < 4.78 is 34.2. The van der Waals surface area contributed by atoms with Crippen LogP contribution in [-0.2, 0) is 11.8 Å². The molecule has 2 amide bonds. The highest BCUT2D eigenvalue weighted by atomic mass is 35.5. The van der Waals surface area contributed by atoms with Crippen molar-refractivity contribution in [1.29, 1.82) is 0 Å². The van der Waals surface area contributed by atoms with Crippen LogP contribution in [0.5, 0.6) is 0 Å². The number of carbonyl (C=O) groups excluding carboxylic acids is 1. The maximum absolute atomic E-state index is 14.0. The summed E-state index contributed by atoms with van der Waals surface area (Å²) in [4.78, 5) is 15.1. The van der Waals surface area contributed by atoms with Gasteiger partial charge in [0, 0.05) is 62.9 Å². The number of halogens is 3. The molecule has 1 aromatic heterocycles. The van der Waals surface area contributed by atoms with Crippen LogP contribution >= 0.6 is 11.6 Å². The molecule has 1 saturated heterocycles. The van der Waals surface area contributed by atoms with E-state index in [0.29, 0.717) is 42.8 Å². The standard InChI is InChI=1S/C24H28ClF2N5O2/c1-31-23(12-21(30-31)15-3-6-17(25)7-4-15)29-24(33)28-22-14-32(9-10-34-2)13-18(22)16-5-8-19(26)20(27)11-16/h3-8,12,16,18,22H,9-11,13-14H2,1-2H3,(H2,28,29,33)/t16?,18-,22+/m0/s1. The number of amides is 2. The van der Waals surface area contributed by atoms with E-state index in [1.165, 1.54) is 6.08 Å². The highest BCUT2D eigenvalue weighted by Gasteiger charge is 2.39. The number of aromatic nitrogens is 2. The molecule has 1 aliphatic carbocycles. The molecule has 1 unspecified atom stereocenters. The molecule has 2 aromatic rings. The van der Waals surface area contributed by atoms with Gasteiger partial charge in [-0.2, -0.15) is 5.10 Å². The number of anilines is 1. The van der Waals surface area contributed by atoms with E-state index in [2.05, 4.69) is 20.6 Å².